The Labute approximate surface area is 113 Å². The van der Waals surface area contributed by atoms with E-state index in [9.17, 15) is 0 Å². The summed E-state index contributed by atoms with van der Waals surface area (Å²) >= 11 is 0. The lowest BCUT2D eigenvalue weighted by molar-refractivity contribution is 0.415. The number of hydrogen-bond donors (Lipinski definition) is 2. The van der Waals surface area contributed by atoms with Crippen molar-refractivity contribution in [3.05, 3.63) is 53.6 Å². The van der Waals surface area contributed by atoms with Crippen LogP contribution in [0.4, 0.5) is 11.4 Å². The van der Waals surface area contributed by atoms with Crippen molar-refractivity contribution in [1.82, 2.24) is 0 Å². The lowest BCUT2D eigenvalue weighted by Crippen LogP contribution is -2.24. The first-order valence-corrected chi connectivity index (χ1v) is 6.53. The molecule has 1 unspecified atom stereocenters. The van der Waals surface area contributed by atoms with Crippen LogP contribution >= 0.6 is 0 Å². The molecule has 0 radical (unpaired) electrons. The van der Waals surface area contributed by atoms with Crippen LogP contribution < -0.4 is 15.8 Å². The van der Waals surface area contributed by atoms with Gasteiger partial charge in [0.1, 0.15) is 5.75 Å². The van der Waals surface area contributed by atoms with Gasteiger partial charge >= 0.3 is 0 Å². The number of benzene rings is 2. The molecule has 0 saturated heterocycles. The van der Waals surface area contributed by atoms with Gasteiger partial charge in [-0.05, 0) is 29.7 Å². The first-order chi connectivity index (χ1) is 9.28. The normalized spacial score (nSPS) is 16.4. The van der Waals surface area contributed by atoms with Gasteiger partial charge in [-0.1, -0.05) is 24.3 Å². The van der Waals surface area contributed by atoms with Crippen molar-refractivity contribution in [1.29, 1.82) is 0 Å². The molecular weight excluding hydrogens is 236 g/mol. The van der Waals surface area contributed by atoms with E-state index in [4.69, 9.17) is 10.5 Å². The van der Waals surface area contributed by atoms with Crippen LogP contribution in [0.2, 0.25) is 0 Å². The van der Waals surface area contributed by atoms with Crippen molar-refractivity contribution in [2.45, 2.75) is 12.3 Å². The summed E-state index contributed by atoms with van der Waals surface area (Å²) in [7, 11) is 1.65. The molecule has 19 heavy (non-hydrogen) atoms. The summed E-state index contributed by atoms with van der Waals surface area (Å²) in [5.74, 6) is 1.38. The maximum atomic E-state index is 5.99. The monoisotopic (exact) mass is 254 g/mol. The average molecular weight is 254 g/mol. The summed E-state index contributed by atoms with van der Waals surface area (Å²) in [6.07, 6.45) is 1.15. The number of hydrogen-bond acceptors (Lipinski definition) is 3. The van der Waals surface area contributed by atoms with Crippen LogP contribution in [0.15, 0.2) is 42.5 Å². The average Bonchev–Trinajstić information content (AvgIpc) is 2.41. The minimum absolute atomic E-state index is 0.595. The molecule has 0 aliphatic heterocycles. The zero-order valence-corrected chi connectivity index (χ0v) is 11.0. The van der Waals surface area contributed by atoms with Gasteiger partial charge in [-0.2, -0.15) is 0 Å². The molecular formula is C16H18N2O. The van der Waals surface area contributed by atoms with Gasteiger partial charge in [0.2, 0.25) is 0 Å². The summed E-state index contributed by atoms with van der Waals surface area (Å²) < 4.78 is 5.15. The van der Waals surface area contributed by atoms with Gasteiger partial charge in [-0.3, -0.25) is 0 Å². The molecule has 1 aliphatic carbocycles. The number of methoxy groups -OCH3 is 1. The van der Waals surface area contributed by atoms with E-state index in [0.717, 1.165) is 30.1 Å². The number of rotatable bonds is 4. The van der Waals surface area contributed by atoms with Gasteiger partial charge in [0.25, 0.3) is 0 Å². The molecule has 2 aromatic carbocycles. The fourth-order valence-electron chi connectivity index (χ4n) is 2.61. The number of ether oxygens (including phenoxy) is 1. The summed E-state index contributed by atoms with van der Waals surface area (Å²) in [5.41, 5.74) is 10.6. The van der Waals surface area contributed by atoms with E-state index in [1.54, 1.807) is 7.11 Å². The van der Waals surface area contributed by atoms with Crippen molar-refractivity contribution in [2.24, 2.45) is 0 Å². The molecule has 3 nitrogen and oxygen atoms in total. The Balaban J connectivity index is 1.65. The Bertz CT molecular complexity index is 595. The quantitative estimate of drug-likeness (QED) is 0.824. The smallest absolute Gasteiger partial charge is 0.121 e. The fraction of sp³-hybridized carbons (Fsp3) is 0.250. The minimum Gasteiger partial charge on any atom is -0.497 e. The van der Waals surface area contributed by atoms with Crippen LogP contribution in [-0.4, -0.2) is 13.7 Å². The zero-order chi connectivity index (χ0) is 13.2. The topological polar surface area (TPSA) is 47.3 Å². The first kappa shape index (κ1) is 11.9. The predicted molar refractivity (Wildman–Crippen MR) is 78.8 cm³/mol. The van der Waals surface area contributed by atoms with E-state index in [-0.39, 0.29) is 0 Å². The SMILES string of the molecule is COc1ccc(NCC2Cc3ccccc32)c(N)c1. The van der Waals surface area contributed by atoms with Crippen LogP contribution in [0.1, 0.15) is 17.0 Å². The van der Waals surface area contributed by atoms with E-state index in [2.05, 4.69) is 29.6 Å². The van der Waals surface area contributed by atoms with Crippen LogP contribution in [0.5, 0.6) is 5.75 Å². The Morgan fingerprint density at radius 3 is 2.84 bits per heavy atom. The first-order valence-electron chi connectivity index (χ1n) is 6.53. The highest BCUT2D eigenvalue weighted by molar-refractivity contribution is 5.68. The molecule has 1 aliphatic rings. The molecule has 0 amide bonds. The van der Waals surface area contributed by atoms with E-state index >= 15 is 0 Å². The van der Waals surface area contributed by atoms with Crippen molar-refractivity contribution in [3.8, 4) is 5.75 Å². The molecule has 0 aromatic heterocycles. The van der Waals surface area contributed by atoms with Gasteiger partial charge in [-0.25, -0.2) is 0 Å². The predicted octanol–water partition coefficient (Wildman–Crippen LogP) is 3.03. The molecule has 0 heterocycles. The summed E-state index contributed by atoms with van der Waals surface area (Å²) in [6.45, 7) is 0.924. The van der Waals surface area contributed by atoms with Crippen LogP contribution in [0.3, 0.4) is 0 Å². The van der Waals surface area contributed by atoms with Gasteiger partial charge in [0, 0.05) is 18.5 Å². The third-order valence-corrected chi connectivity index (χ3v) is 3.76. The number of nitrogens with one attached hydrogen (secondary N) is 1. The van der Waals surface area contributed by atoms with Crippen molar-refractivity contribution < 1.29 is 4.74 Å². The summed E-state index contributed by atoms with van der Waals surface area (Å²) in [6, 6.07) is 14.4. The second-order valence-electron chi connectivity index (χ2n) is 4.93. The standard InChI is InChI=1S/C16H18N2O/c1-19-13-6-7-16(15(17)9-13)18-10-12-8-11-4-2-3-5-14(11)12/h2-7,9,12,18H,8,10,17H2,1H3. The zero-order valence-electron chi connectivity index (χ0n) is 11.0. The van der Waals surface area contributed by atoms with E-state index in [1.165, 1.54) is 11.1 Å². The Hall–Kier alpha value is -2.16. The third-order valence-electron chi connectivity index (χ3n) is 3.76. The van der Waals surface area contributed by atoms with Crippen molar-refractivity contribution in [3.63, 3.8) is 0 Å². The van der Waals surface area contributed by atoms with Gasteiger partial charge < -0.3 is 15.8 Å². The largest absolute Gasteiger partial charge is 0.497 e. The maximum Gasteiger partial charge on any atom is 0.121 e. The van der Waals surface area contributed by atoms with Crippen LogP contribution in [0.25, 0.3) is 0 Å². The highest BCUT2D eigenvalue weighted by Crippen LogP contribution is 2.35. The molecule has 1 atom stereocenters. The van der Waals surface area contributed by atoms with Crippen LogP contribution in [0, 0.1) is 0 Å². The van der Waals surface area contributed by atoms with Gasteiger partial charge in [0.15, 0.2) is 0 Å². The Kier molecular flexibility index (Phi) is 3.03. The molecule has 2 aromatic rings. The van der Waals surface area contributed by atoms with Crippen molar-refractivity contribution >= 4 is 11.4 Å². The number of fused-ring (bicyclic) bond motifs is 1. The number of nitrogens with two attached hydrogens (primary N) is 1. The summed E-state index contributed by atoms with van der Waals surface area (Å²) in [4.78, 5) is 0. The maximum absolute atomic E-state index is 5.99. The molecule has 3 rings (SSSR count). The molecule has 98 valence electrons. The molecule has 0 fully saturated rings. The second kappa shape index (κ2) is 4.84. The highest BCUT2D eigenvalue weighted by Gasteiger charge is 2.24. The molecule has 3 N–H and O–H groups in total. The molecule has 3 heteroatoms. The number of anilines is 2. The lowest BCUT2D eigenvalue weighted by Gasteiger charge is -2.30. The van der Waals surface area contributed by atoms with Crippen molar-refractivity contribution in [2.75, 3.05) is 24.7 Å². The van der Waals surface area contributed by atoms with Crippen LogP contribution in [-0.2, 0) is 6.42 Å². The second-order valence-corrected chi connectivity index (χ2v) is 4.93. The van der Waals surface area contributed by atoms with E-state index in [0.29, 0.717) is 5.92 Å². The van der Waals surface area contributed by atoms with Gasteiger partial charge in [-0.15, -0.1) is 0 Å². The van der Waals surface area contributed by atoms with E-state index in [1.807, 2.05) is 18.2 Å². The minimum atomic E-state index is 0.595. The fourth-order valence-corrected chi connectivity index (χ4v) is 2.61. The van der Waals surface area contributed by atoms with E-state index < -0.39 is 0 Å². The Morgan fingerprint density at radius 2 is 2.11 bits per heavy atom. The summed E-state index contributed by atoms with van der Waals surface area (Å²) in [5, 5.41) is 3.43. The molecule has 0 spiro atoms. The lowest BCUT2D eigenvalue weighted by atomic mass is 9.77. The number of nitrogen functional groups attached to an aromatic ring is 1. The molecule has 0 bridgehead atoms. The Morgan fingerprint density at radius 1 is 1.26 bits per heavy atom. The third kappa shape index (κ3) is 2.24. The van der Waals surface area contributed by atoms with Gasteiger partial charge in [0.05, 0.1) is 18.5 Å². The highest BCUT2D eigenvalue weighted by atomic mass is 16.5. The molecule has 0 saturated carbocycles.